The standard InChI is InChI=1S/C9H19N/c1-6-5-9(6)7(2)8(3)10-4/h6-10H,5H2,1-4H3/t6?,7?,8?,9-/m0/s1. The first-order valence-corrected chi connectivity index (χ1v) is 4.34. The average Bonchev–Trinajstić information content (AvgIpc) is 2.63. The molecule has 0 aromatic rings. The van der Waals surface area contributed by atoms with Crippen LogP contribution in [0.4, 0.5) is 0 Å². The molecule has 1 fully saturated rings. The van der Waals surface area contributed by atoms with E-state index < -0.39 is 0 Å². The second kappa shape index (κ2) is 2.91. The van der Waals surface area contributed by atoms with Crippen molar-refractivity contribution in [3.05, 3.63) is 0 Å². The van der Waals surface area contributed by atoms with Crippen molar-refractivity contribution >= 4 is 0 Å². The van der Waals surface area contributed by atoms with Gasteiger partial charge in [0.05, 0.1) is 0 Å². The lowest BCUT2D eigenvalue weighted by Crippen LogP contribution is -2.30. The molecule has 3 unspecified atom stereocenters. The van der Waals surface area contributed by atoms with E-state index in [1.165, 1.54) is 6.42 Å². The highest BCUT2D eigenvalue weighted by Gasteiger charge is 2.38. The fourth-order valence-corrected chi connectivity index (χ4v) is 1.72. The maximum Gasteiger partial charge on any atom is 0.00641 e. The van der Waals surface area contributed by atoms with Crippen LogP contribution in [-0.2, 0) is 0 Å². The Bertz CT molecular complexity index is 107. The van der Waals surface area contributed by atoms with E-state index in [0.717, 1.165) is 17.8 Å². The van der Waals surface area contributed by atoms with Gasteiger partial charge < -0.3 is 5.32 Å². The molecule has 0 bridgehead atoms. The minimum absolute atomic E-state index is 0.690. The van der Waals surface area contributed by atoms with Gasteiger partial charge >= 0.3 is 0 Å². The Labute approximate surface area is 64.2 Å². The summed E-state index contributed by atoms with van der Waals surface area (Å²) in [5.74, 6) is 2.85. The smallest absolute Gasteiger partial charge is 0.00641 e. The Morgan fingerprint density at radius 1 is 1.40 bits per heavy atom. The van der Waals surface area contributed by atoms with E-state index in [-0.39, 0.29) is 0 Å². The van der Waals surface area contributed by atoms with Gasteiger partial charge in [-0.05, 0) is 38.1 Å². The second-order valence-electron chi connectivity index (χ2n) is 3.81. The van der Waals surface area contributed by atoms with Crippen LogP contribution in [0.15, 0.2) is 0 Å². The molecular weight excluding hydrogens is 122 g/mol. The van der Waals surface area contributed by atoms with Gasteiger partial charge in [-0.15, -0.1) is 0 Å². The van der Waals surface area contributed by atoms with E-state index >= 15 is 0 Å². The summed E-state index contributed by atoms with van der Waals surface area (Å²) in [5.41, 5.74) is 0. The molecule has 0 amide bonds. The summed E-state index contributed by atoms with van der Waals surface area (Å²) >= 11 is 0. The molecule has 0 aliphatic heterocycles. The van der Waals surface area contributed by atoms with Crippen LogP contribution in [-0.4, -0.2) is 13.1 Å². The Hall–Kier alpha value is -0.0400. The maximum atomic E-state index is 3.31. The molecule has 0 aromatic heterocycles. The van der Waals surface area contributed by atoms with Crippen molar-refractivity contribution in [3.8, 4) is 0 Å². The lowest BCUT2D eigenvalue weighted by molar-refractivity contribution is 0.369. The van der Waals surface area contributed by atoms with Gasteiger partial charge in [-0.1, -0.05) is 13.8 Å². The van der Waals surface area contributed by atoms with E-state index in [9.17, 15) is 0 Å². The van der Waals surface area contributed by atoms with Crippen LogP contribution in [0.3, 0.4) is 0 Å². The lowest BCUT2D eigenvalue weighted by atomic mass is 9.97. The summed E-state index contributed by atoms with van der Waals surface area (Å²) in [7, 11) is 2.05. The molecule has 0 radical (unpaired) electrons. The van der Waals surface area contributed by atoms with Crippen LogP contribution in [0.2, 0.25) is 0 Å². The van der Waals surface area contributed by atoms with Gasteiger partial charge in [0.2, 0.25) is 0 Å². The number of hydrogen-bond donors (Lipinski definition) is 1. The molecule has 4 atom stereocenters. The fraction of sp³-hybridized carbons (Fsp3) is 1.00. The summed E-state index contributed by atoms with van der Waals surface area (Å²) < 4.78 is 0. The van der Waals surface area contributed by atoms with Crippen LogP contribution < -0.4 is 5.32 Å². The fourth-order valence-electron chi connectivity index (χ4n) is 1.72. The summed E-state index contributed by atoms with van der Waals surface area (Å²) in [6.07, 6.45) is 1.45. The quantitative estimate of drug-likeness (QED) is 0.633. The third-order valence-electron chi connectivity index (χ3n) is 3.09. The molecular formula is C9H19N. The highest BCUT2D eigenvalue weighted by molar-refractivity contribution is 4.89. The molecule has 1 saturated carbocycles. The normalized spacial score (nSPS) is 37.2. The zero-order valence-corrected chi connectivity index (χ0v) is 7.52. The number of hydrogen-bond acceptors (Lipinski definition) is 1. The van der Waals surface area contributed by atoms with Crippen molar-refractivity contribution in [2.75, 3.05) is 7.05 Å². The molecule has 1 aliphatic rings. The number of nitrogens with one attached hydrogen (secondary N) is 1. The molecule has 1 heteroatoms. The molecule has 60 valence electrons. The Balaban J connectivity index is 2.27. The summed E-state index contributed by atoms with van der Waals surface area (Å²) in [6, 6.07) is 0.690. The topological polar surface area (TPSA) is 12.0 Å². The van der Waals surface area contributed by atoms with E-state index in [1.807, 2.05) is 7.05 Å². The largest absolute Gasteiger partial charge is 0.317 e. The minimum atomic E-state index is 0.690. The Morgan fingerprint density at radius 2 is 1.90 bits per heavy atom. The van der Waals surface area contributed by atoms with E-state index in [0.29, 0.717) is 6.04 Å². The SMILES string of the molecule is CNC(C)C(C)[C@H]1CC1C. The van der Waals surface area contributed by atoms with Crippen molar-refractivity contribution in [1.29, 1.82) is 0 Å². The number of rotatable bonds is 3. The highest BCUT2D eigenvalue weighted by atomic mass is 14.9. The van der Waals surface area contributed by atoms with E-state index in [2.05, 4.69) is 26.1 Å². The molecule has 0 heterocycles. The van der Waals surface area contributed by atoms with Crippen molar-refractivity contribution in [3.63, 3.8) is 0 Å². The van der Waals surface area contributed by atoms with Gasteiger partial charge in [-0.25, -0.2) is 0 Å². The minimum Gasteiger partial charge on any atom is -0.317 e. The predicted octanol–water partition coefficient (Wildman–Crippen LogP) is 1.89. The van der Waals surface area contributed by atoms with Crippen molar-refractivity contribution in [1.82, 2.24) is 5.32 Å². The van der Waals surface area contributed by atoms with Gasteiger partial charge in [0.15, 0.2) is 0 Å². The van der Waals surface area contributed by atoms with Crippen LogP contribution >= 0.6 is 0 Å². The monoisotopic (exact) mass is 141 g/mol. The van der Waals surface area contributed by atoms with E-state index in [4.69, 9.17) is 0 Å². The molecule has 0 spiro atoms. The molecule has 10 heavy (non-hydrogen) atoms. The van der Waals surface area contributed by atoms with Crippen LogP contribution in [0, 0.1) is 17.8 Å². The third kappa shape index (κ3) is 1.51. The average molecular weight is 141 g/mol. The molecule has 0 aromatic carbocycles. The summed E-state index contributed by atoms with van der Waals surface area (Å²) in [5, 5.41) is 3.31. The van der Waals surface area contributed by atoms with Gasteiger partial charge in [0.1, 0.15) is 0 Å². The third-order valence-corrected chi connectivity index (χ3v) is 3.09. The highest BCUT2D eigenvalue weighted by Crippen LogP contribution is 2.44. The van der Waals surface area contributed by atoms with Gasteiger partial charge in [-0.2, -0.15) is 0 Å². The second-order valence-corrected chi connectivity index (χ2v) is 3.81. The van der Waals surface area contributed by atoms with Crippen molar-refractivity contribution in [2.45, 2.75) is 33.2 Å². The van der Waals surface area contributed by atoms with Gasteiger partial charge in [-0.3, -0.25) is 0 Å². The Kier molecular flexibility index (Phi) is 2.35. The van der Waals surface area contributed by atoms with Crippen LogP contribution in [0.25, 0.3) is 0 Å². The van der Waals surface area contributed by atoms with Gasteiger partial charge in [0, 0.05) is 6.04 Å². The Morgan fingerprint density at radius 3 is 2.20 bits per heavy atom. The lowest BCUT2D eigenvalue weighted by Gasteiger charge is -2.18. The maximum absolute atomic E-state index is 3.31. The van der Waals surface area contributed by atoms with Crippen LogP contribution in [0.5, 0.6) is 0 Å². The summed E-state index contributed by atoms with van der Waals surface area (Å²) in [4.78, 5) is 0. The molecule has 1 N–H and O–H groups in total. The van der Waals surface area contributed by atoms with E-state index in [1.54, 1.807) is 0 Å². The van der Waals surface area contributed by atoms with Crippen molar-refractivity contribution < 1.29 is 0 Å². The van der Waals surface area contributed by atoms with Gasteiger partial charge in [0.25, 0.3) is 0 Å². The predicted molar refractivity (Wildman–Crippen MR) is 45.0 cm³/mol. The summed E-state index contributed by atoms with van der Waals surface area (Å²) in [6.45, 7) is 6.98. The first-order chi connectivity index (χ1) is 4.66. The zero-order valence-electron chi connectivity index (χ0n) is 7.52. The van der Waals surface area contributed by atoms with Crippen molar-refractivity contribution in [2.24, 2.45) is 17.8 Å². The first-order valence-electron chi connectivity index (χ1n) is 4.34. The van der Waals surface area contributed by atoms with Crippen LogP contribution in [0.1, 0.15) is 27.2 Å². The molecule has 0 saturated heterocycles. The molecule has 1 rings (SSSR count). The molecule has 1 aliphatic carbocycles. The zero-order chi connectivity index (χ0) is 7.72. The molecule has 1 nitrogen and oxygen atoms in total. The first kappa shape index (κ1) is 8.06.